The zero-order valence-electron chi connectivity index (χ0n) is 13.2. The van der Waals surface area contributed by atoms with Crippen molar-refractivity contribution in [3.8, 4) is 6.07 Å². The van der Waals surface area contributed by atoms with Crippen LogP contribution in [0.2, 0.25) is 0 Å². The van der Waals surface area contributed by atoms with Crippen molar-refractivity contribution >= 4 is 0 Å². The molecule has 2 aliphatic rings. The van der Waals surface area contributed by atoms with Crippen LogP contribution in [0.25, 0.3) is 0 Å². The predicted octanol–water partition coefficient (Wildman–Crippen LogP) is 3.31. The van der Waals surface area contributed by atoms with E-state index in [1.807, 2.05) is 0 Å². The van der Waals surface area contributed by atoms with Crippen LogP contribution < -0.4 is 5.32 Å². The molecule has 2 unspecified atom stereocenters. The van der Waals surface area contributed by atoms with Crippen LogP contribution in [0.3, 0.4) is 0 Å². The second-order valence-corrected chi connectivity index (χ2v) is 6.64. The van der Waals surface area contributed by atoms with E-state index in [1.165, 1.54) is 64.6 Å². The molecule has 1 saturated heterocycles. The van der Waals surface area contributed by atoms with Crippen LogP contribution in [0.4, 0.5) is 0 Å². The highest BCUT2D eigenvalue weighted by Gasteiger charge is 2.42. The fourth-order valence-corrected chi connectivity index (χ4v) is 3.93. The lowest BCUT2D eigenvalue weighted by molar-refractivity contribution is 0.228. The van der Waals surface area contributed by atoms with Crippen LogP contribution >= 0.6 is 0 Å². The van der Waals surface area contributed by atoms with E-state index in [0.29, 0.717) is 5.92 Å². The summed E-state index contributed by atoms with van der Waals surface area (Å²) in [7, 11) is 0. The standard InChI is InChI=1S/C17H31N3/c1-2-11-19-17(15-18)10-7-8-16(17)9-14-20-12-5-3-4-6-13-20/h16,19H,2-14H2,1H3. The van der Waals surface area contributed by atoms with Crippen molar-refractivity contribution < 1.29 is 0 Å². The Hall–Kier alpha value is -0.590. The summed E-state index contributed by atoms with van der Waals surface area (Å²) in [6.07, 6.45) is 11.3. The highest BCUT2D eigenvalue weighted by atomic mass is 15.1. The minimum Gasteiger partial charge on any atom is -0.303 e. The van der Waals surface area contributed by atoms with Gasteiger partial charge in [-0.1, -0.05) is 26.2 Å². The second-order valence-electron chi connectivity index (χ2n) is 6.64. The summed E-state index contributed by atoms with van der Waals surface area (Å²) in [5.41, 5.74) is -0.220. The summed E-state index contributed by atoms with van der Waals surface area (Å²) in [6.45, 7) is 6.90. The minimum atomic E-state index is -0.220. The normalized spacial score (nSPS) is 31.9. The van der Waals surface area contributed by atoms with E-state index in [1.54, 1.807) is 0 Å². The molecule has 0 aromatic heterocycles. The molecule has 1 aliphatic heterocycles. The number of nitriles is 1. The molecule has 2 atom stereocenters. The van der Waals surface area contributed by atoms with E-state index in [0.717, 1.165) is 19.4 Å². The van der Waals surface area contributed by atoms with Gasteiger partial charge in [-0.3, -0.25) is 5.32 Å². The van der Waals surface area contributed by atoms with Gasteiger partial charge in [0, 0.05) is 0 Å². The molecule has 0 spiro atoms. The van der Waals surface area contributed by atoms with Gasteiger partial charge in [0.05, 0.1) is 6.07 Å². The van der Waals surface area contributed by atoms with Gasteiger partial charge < -0.3 is 4.90 Å². The number of nitrogens with zero attached hydrogens (tertiary/aromatic N) is 2. The molecular formula is C17H31N3. The fourth-order valence-electron chi connectivity index (χ4n) is 3.93. The number of likely N-dealkylation sites (tertiary alicyclic amines) is 1. The highest BCUT2D eigenvalue weighted by Crippen LogP contribution is 2.37. The first-order valence-corrected chi connectivity index (χ1v) is 8.69. The molecule has 0 radical (unpaired) electrons. The van der Waals surface area contributed by atoms with Crippen molar-refractivity contribution in [2.45, 2.75) is 70.3 Å². The first-order valence-electron chi connectivity index (χ1n) is 8.69. The van der Waals surface area contributed by atoms with E-state index in [9.17, 15) is 5.26 Å². The van der Waals surface area contributed by atoms with Crippen molar-refractivity contribution in [3.63, 3.8) is 0 Å². The van der Waals surface area contributed by atoms with Gasteiger partial charge >= 0.3 is 0 Å². The molecule has 1 saturated carbocycles. The molecule has 0 aromatic rings. The van der Waals surface area contributed by atoms with Crippen LogP contribution in [0.15, 0.2) is 0 Å². The van der Waals surface area contributed by atoms with Crippen molar-refractivity contribution in [2.75, 3.05) is 26.2 Å². The largest absolute Gasteiger partial charge is 0.303 e. The molecule has 0 aromatic carbocycles. The fraction of sp³-hybridized carbons (Fsp3) is 0.941. The molecule has 114 valence electrons. The van der Waals surface area contributed by atoms with E-state index >= 15 is 0 Å². The Balaban J connectivity index is 1.85. The monoisotopic (exact) mass is 277 g/mol. The summed E-state index contributed by atoms with van der Waals surface area (Å²) in [4.78, 5) is 2.63. The topological polar surface area (TPSA) is 39.1 Å². The van der Waals surface area contributed by atoms with E-state index in [2.05, 4.69) is 23.2 Å². The molecule has 2 fully saturated rings. The van der Waals surface area contributed by atoms with Crippen molar-refractivity contribution in [3.05, 3.63) is 0 Å². The van der Waals surface area contributed by atoms with Gasteiger partial charge in [-0.25, -0.2) is 0 Å². The van der Waals surface area contributed by atoms with Gasteiger partial charge in [-0.05, 0) is 70.6 Å². The third kappa shape index (κ3) is 3.96. The molecule has 0 amide bonds. The van der Waals surface area contributed by atoms with Crippen LogP contribution in [0.5, 0.6) is 0 Å². The van der Waals surface area contributed by atoms with Gasteiger partial charge in [0.15, 0.2) is 0 Å². The summed E-state index contributed by atoms with van der Waals surface area (Å²) >= 11 is 0. The third-order valence-electron chi connectivity index (χ3n) is 5.20. The van der Waals surface area contributed by atoms with Crippen LogP contribution in [0.1, 0.15) is 64.7 Å². The van der Waals surface area contributed by atoms with Crippen molar-refractivity contribution in [2.24, 2.45) is 5.92 Å². The Bertz CT molecular complexity index is 315. The maximum absolute atomic E-state index is 9.67. The number of hydrogen-bond acceptors (Lipinski definition) is 3. The Morgan fingerprint density at radius 2 is 1.95 bits per heavy atom. The molecule has 2 rings (SSSR count). The molecule has 1 heterocycles. The Labute approximate surface area is 124 Å². The maximum atomic E-state index is 9.67. The Morgan fingerprint density at radius 1 is 1.20 bits per heavy atom. The van der Waals surface area contributed by atoms with E-state index in [4.69, 9.17) is 0 Å². The summed E-state index contributed by atoms with van der Waals surface area (Å²) in [5.74, 6) is 0.558. The summed E-state index contributed by atoms with van der Waals surface area (Å²) < 4.78 is 0. The molecular weight excluding hydrogens is 246 g/mol. The number of hydrogen-bond donors (Lipinski definition) is 1. The molecule has 1 aliphatic carbocycles. The second kappa shape index (κ2) is 8.00. The number of rotatable bonds is 6. The zero-order valence-corrected chi connectivity index (χ0v) is 13.2. The van der Waals surface area contributed by atoms with Gasteiger partial charge in [-0.15, -0.1) is 0 Å². The van der Waals surface area contributed by atoms with Crippen molar-refractivity contribution in [1.29, 1.82) is 5.26 Å². The smallest absolute Gasteiger partial charge is 0.109 e. The average molecular weight is 277 g/mol. The summed E-state index contributed by atoms with van der Waals surface area (Å²) in [5, 5.41) is 13.2. The molecule has 0 bridgehead atoms. The minimum absolute atomic E-state index is 0.220. The maximum Gasteiger partial charge on any atom is 0.109 e. The third-order valence-corrected chi connectivity index (χ3v) is 5.20. The van der Waals surface area contributed by atoms with Gasteiger partial charge in [0.2, 0.25) is 0 Å². The lowest BCUT2D eigenvalue weighted by Crippen LogP contribution is -2.48. The molecule has 20 heavy (non-hydrogen) atoms. The lowest BCUT2D eigenvalue weighted by atomic mass is 9.85. The van der Waals surface area contributed by atoms with Gasteiger partial charge in [-0.2, -0.15) is 5.26 Å². The molecule has 3 nitrogen and oxygen atoms in total. The molecule has 1 N–H and O–H groups in total. The predicted molar refractivity (Wildman–Crippen MR) is 83.5 cm³/mol. The van der Waals surface area contributed by atoms with Gasteiger partial charge in [0.25, 0.3) is 0 Å². The lowest BCUT2D eigenvalue weighted by Gasteiger charge is -2.31. The quantitative estimate of drug-likeness (QED) is 0.809. The first kappa shape index (κ1) is 15.8. The first-order chi connectivity index (χ1) is 9.80. The van der Waals surface area contributed by atoms with Crippen molar-refractivity contribution in [1.82, 2.24) is 10.2 Å². The molecule has 3 heteroatoms. The van der Waals surface area contributed by atoms with Crippen LogP contribution in [0, 0.1) is 17.2 Å². The van der Waals surface area contributed by atoms with E-state index < -0.39 is 0 Å². The van der Waals surface area contributed by atoms with Crippen LogP contribution in [-0.2, 0) is 0 Å². The van der Waals surface area contributed by atoms with Gasteiger partial charge in [0.1, 0.15) is 5.54 Å². The summed E-state index contributed by atoms with van der Waals surface area (Å²) in [6, 6.07) is 2.63. The van der Waals surface area contributed by atoms with Crippen LogP contribution in [-0.4, -0.2) is 36.6 Å². The SMILES string of the molecule is CCCNC1(C#N)CCCC1CCN1CCCCCC1. The zero-order chi connectivity index (χ0) is 14.3. The Morgan fingerprint density at radius 3 is 2.60 bits per heavy atom. The van der Waals surface area contributed by atoms with E-state index in [-0.39, 0.29) is 5.54 Å². The highest BCUT2D eigenvalue weighted by molar-refractivity contribution is 5.14. The average Bonchev–Trinajstić information content (AvgIpc) is 2.69. The number of nitrogens with one attached hydrogen (secondary N) is 1. The Kier molecular flexibility index (Phi) is 6.32.